The molecule has 2 aromatic carbocycles. The van der Waals surface area contributed by atoms with Crippen molar-refractivity contribution in [3.05, 3.63) is 53.3 Å². The molecule has 0 atom stereocenters. The van der Waals surface area contributed by atoms with E-state index in [1.54, 1.807) is 12.1 Å². The average molecular weight is 260 g/mol. The van der Waals surface area contributed by atoms with E-state index in [0.717, 1.165) is 11.6 Å². The summed E-state index contributed by atoms with van der Waals surface area (Å²) in [6.45, 7) is 1.84. The number of nitrogen functional groups attached to an aromatic ring is 1. The van der Waals surface area contributed by atoms with Crippen molar-refractivity contribution in [1.29, 1.82) is 0 Å². The van der Waals surface area contributed by atoms with Gasteiger partial charge in [-0.05, 0) is 42.8 Å². The number of hydrogen-bond donors (Lipinski definition) is 3. The van der Waals surface area contributed by atoms with Gasteiger partial charge in [0.15, 0.2) is 0 Å². The Morgan fingerprint density at radius 2 is 2.00 bits per heavy atom. The van der Waals surface area contributed by atoms with Gasteiger partial charge < -0.3 is 16.2 Å². The maximum absolute atomic E-state index is 13.0. The number of phenolic OH excluding ortho intramolecular Hbond substituents is 1. The third-order valence-corrected chi connectivity index (χ3v) is 2.66. The number of phenols is 1. The van der Waals surface area contributed by atoms with Crippen LogP contribution in [0.25, 0.3) is 0 Å². The number of nitrogens with two attached hydrogens (primary N) is 1. The first kappa shape index (κ1) is 12.9. The van der Waals surface area contributed by atoms with Crippen LogP contribution in [-0.2, 0) is 0 Å². The number of rotatable bonds is 2. The average Bonchev–Trinajstić information content (AvgIpc) is 2.37. The second-order valence-corrected chi connectivity index (χ2v) is 4.21. The van der Waals surface area contributed by atoms with Crippen LogP contribution < -0.4 is 11.1 Å². The summed E-state index contributed by atoms with van der Waals surface area (Å²) in [4.78, 5) is 11.9. The summed E-state index contributed by atoms with van der Waals surface area (Å²) >= 11 is 0. The molecule has 19 heavy (non-hydrogen) atoms. The van der Waals surface area contributed by atoms with Crippen LogP contribution in [0.5, 0.6) is 5.75 Å². The van der Waals surface area contributed by atoms with Gasteiger partial charge in [0.2, 0.25) is 0 Å². The molecule has 0 spiro atoms. The van der Waals surface area contributed by atoms with Crippen molar-refractivity contribution in [2.75, 3.05) is 11.1 Å². The van der Waals surface area contributed by atoms with Crippen LogP contribution in [0, 0.1) is 12.7 Å². The summed E-state index contributed by atoms with van der Waals surface area (Å²) in [5.74, 6) is -1.07. The molecule has 0 unspecified atom stereocenters. The first-order valence-electron chi connectivity index (χ1n) is 5.63. The fourth-order valence-corrected chi connectivity index (χ4v) is 1.63. The summed E-state index contributed by atoms with van der Waals surface area (Å²) in [5, 5.41) is 12.2. The highest BCUT2D eigenvalue weighted by molar-refractivity contribution is 6.05. The number of aryl methyl sites for hydroxylation is 1. The number of halogens is 1. The Hall–Kier alpha value is -2.56. The Balaban J connectivity index is 2.25. The summed E-state index contributed by atoms with van der Waals surface area (Å²) in [6, 6.07) is 8.55. The summed E-state index contributed by atoms with van der Waals surface area (Å²) in [5.41, 5.74) is 6.72. The second kappa shape index (κ2) is 4.97. The Labute approximate surface area is 109 Å². The molecule has 4 nitrogen and oxygen atoms in total. The predicted molar refractivity (Wildman–Crippen MR) is 71.6 cm³/mol. The molecular formula is C14H13FN2O2. The standard InChI is InChI=1S/C14H13FN2O2/c1-8-2-5-13(18)12(6-8)17-14(19)9-3-4-10(15)11(16)7-9/h2-7,18H,16H2,1H3,(H,17,19). The molecule has 0 radical (unpaired) electrons. The molecule has 0 bridgehead atoms. The van der Waals surface area contributed by atoms with E-state index in [-0.39, 0.29) is 17.0 Å². The van der Waals surface area contributed by atoms with Crippen molar-refractivity contribution in [2.24, 2.45) is 0 Å². The van der Waals surface area contributed by atoms with Crippen LogP contribution in [0.2, 0.25) is 0 Å². The Morgan fingerprint density at radius 1 is 1.26 bits per heavy atom. The molecule has 0 aliphatic heterocycles. The minimum Gasteiger partial charge on any atom is -0.506 e. The summed E-state index contributed by atoms with van der Waals surface area (Å²) < 4.78 is 13.0. The lowest BCUT2D eigenvalue weighted by atomic mass is 10.1. The predicted octanol–water partition coefficient (Wildman–Crippen LogP) is 2.67. The van der Waals surface area contributed by atoms with Crippen molar-refractivity contribution in [3.8, 4) is 5.75 Å². The fraction of sp³-hybridized carbons (Fsp3) is 0.0714. The molecule has 98 valence electrons. The van der Waals surface area contributed by atoms with Crippen LogP contribution in [0.1, 0.15) is 15.9 Å². The lowest BCUT2D eigenvalue weighted by Gasteiger charge is -2.08. The zero-order valence-corrected chi connectivity index (χ0v) is 10.3. The van der Waals surface area contributed by atoms with E-state index < -0.39 is 11.7 Å². The molecule has 2 rings (SSSR count). The number of benzene rings is 2. The SMILES string of the molecule is Cc1ccc(O)c(NC(=O)c2ccc(F)c(N)c2)c1. The normalized spacial score (nSPS) is 10.2. The lowest BCUT2D eigenvalue weighted by molar-refractivity contribution is 0.102. The van der Waals surface area contributed by atoms with Crippen molar-refractivity contribution in [3.63, 3.8) is 0 Å². The molecule has 2 aromatic rings. The minimum absolute atomic E-state index is 0.0333. The van der Waals surface area contributed by atoms with Crippen molar-refractivity contribution in [1.82, 2.24) is 0 Å². The lowest BCUT2D eigenvalue weighted by Crippen LogP contribution is -2.12. The number of aromatic hydroxyl groups is 1. The molecular weight excluding hydrogens is 247 g/mol. The third-order valence-electron chi connectivity index (χ3n) is 2.66. The number of amides is 1. The van der Waals surface area contributed by atoms with Gasteiger partial charge in [0.05, 0.1) is 11.4 Å². The molecule has 0 fully saturated rings. The van der Waals surface area contributed by atoms with Gasteiger partial charge in [-0.15, -0.1) is 0 Å². The number of anilines is 2. The van der Waals surface area contributed by atoms with Gasteiger partial charge in [-0.1, -0.05) is 6.07 Å². The molecule has 0 saturated heterocycles. The molecule has 0 aromatic heterocycles. The Morgan fingerprint density at radius 3 is 2.68 bits per heavy atom. The summed E-state index contributed by atoms with van der Waals surface area (Å²) in [6.07, 6.45) is 0. The summed E-state index contributed by atoms with van der Waals surface area (Å²) in [7, 11) is 0. The molecule has 0 aliphatic carbocycles. The van der Waals surface area contributed by atoms with E-state index in [1.165, 1.54) is 18.2 Å². The quantitative estimate of drug-likeness (QED) is 0.574. The van der Waals surface area contributed by atoms with Crippen LogP contribution in [0.15, 0.2) is 36.4 Å². The number of nitrogens with one attached hydrogen (secondary N) is 1. The molecule has 0 aliphatic rings. The van der Waals surface area contributed by atoms with Crippen LogP contribution in [0.4, 0.5) is 15.8 Å². The van der Waals surface area contributed by atoms with E-state index in [9.17, 15) is 14.3 Å². The number of carbonyl (C=O) groups is 1. The zero-order valence-electron chi connectivity index (χ0n) is 10.3. The fourth-order valence-electron chi connectivity index (χ4n) is 1.63. The van der Waals surface area contributed by atoms with E-state index in [4.69, 9.17) is 5.73 Å². The van der Waals surface area contributed by atoms with Gasteiger partial charge in [0.25, 0.3) is 5.91 Å². The number of carbonyl (C=O) groups excluding carboxylic acids is 1. The molecule has 1 amide bonds. The van der Waals surface area contributed by atoms with E-state index in [2.05, 4.69) is 5.32 Å². The Kier molecular flexibility index (Phi) is 3.37. The van der Waals surface area contributed by atoms with Gasteiger partial charge in [-0.3, -0.25) is 4.79 Å². The van der Waals surface area contributed by atoms with Gasteiger partial charge in [-0.2, -0.15) is 0 Å². The smallest absolute Gasteiger partial charge is 0.255 e. The highest BCUT2D eigenvalue weighted by Gasteiger charge is 2.10. The van der Waals surface area contributed by atoms with Crippen molar-refractivity contribution in [2.45, 2.75) is 6.92 Å². The molecule has 0 heterocycles. The van der Waals surface area contributed by atoms with Crippen molar-refractivity contribution >= 4 is 17.3 Å². The topological polar surface area (TPSA) is 75.3 Å². The maximum Gasteiger partial charge on any atom is 0.255 e. The first-order valence-corrected chi connectivity index (χ1v) is 5.63. The van der Waals surface area contributed by atoms with Gasteiger partial charge in [0.1, 0.15) is 11.6 Å². The van der Waals surface area contributed by atoms with Crippen molar-refractivity contribution < 1.29 is 14.3 Å². The van der Waals surface area contributed by atoms with E-state index in [1.807, 2.05) is 6.92 Å². The zero-order chi connectivity index (χ0) is 14.0. The maximum atomic E-state index is 13.0. The van der Waals surface area contributed by atoms with Gasteiger partial charge >= 0.3 is 0 Å². The van der Waals surface area contributed by atoms with Gasteiger partial charge in [-0.25, -0.2) is 4.39 Å². The highest BCUT2D eigenvalue weighted by Crippen LogP contribution is 2.24. The monoisotopic (exact) mass is 260 g/mol. The third kappa shape index (κ3) is 2.82. The van der Waals surface area contributed by atoms with E-state index in [0.29, 0.717) is 5.69 Å². The van der Waals surface area contributed by atoms with Crippen LogP contribution in [-0.4, -0.2) is 11.0 Å². The Bertz CT molecular complexity index is 641. The molecule has 5 heteroatoms. The van der Waals surface area contributed by atoms with Crippen LogP contribution >= 0.6 is 0 Å². The largest absolute Gasteiger partial charge is 0.506 e. The van der Waals surface area contributed by atoms with Gasteiger partial charge in [0, 0.05) is 5.56 Å². The molecule has 4 N–H and O–H groups in total. The van der Waals surface area contributed by atoms with Crippen LogP contribution in [0.3, 0.4) is 0 Å². The van der Waals surface area contributed by atoms with E-state index >= 15 is 0 Å². The second-order valence-electron chi connectivity index (χ2n) is 4.21. The molecule has 0 saturated carbocycles. The first-order chi connectivity index (χ1) is 8.97. The highest BCUT2D eigenvalue weighted by atomic mass is 19.1. The number of hydrogen-bond acceptors (Lipinski definition) is 3. The minimum atomic E-state index is -0.574.